The minimum absolute atomic E-state index is 0.388. The van der Waals surface area contributed by atoms with Gasteiger partial charge in [-0.15, -0.1) is 0 Å². The van der Waals surface area contributed by atoms with E-state index in [9.17, 15) is 5.11 Å². The van der Waals surface area contributed by atoms with E-state index >= 15 is 0 Å². The molecule has 25 heavy (non-hydrogen) atoms. The van der Waals surface area contributed by atoms with E-state index in [4.69, 9.17) is 8.83 Å². The molecule has 132 valence electrons. The zero-order valence-corrected chi connectivity index (χ0v) is 15.1. The van der Waals surface area contributed by atoms with Crippen LogP contribution in [0.5, 0.6) is 0 Å². The highest BCUT2D eigenvalue weighted by Crippen LogP contribution is 2.26. The van der Waals surface area contributed by atoms with Crippen molar-refractivity contribution in [3.8, 4) is 11.5 Å². The molecule has 1 unspecified atom stereocenters. The number of rotatable bonds is 6. The third kappa shape index (κ3) is 4.00. The number of benzene rings is 1. The molecule has 0 amide bonds. The van der Waals surface area contributed by atoms with Gasteiger partial charge in [0.25, 0.3) is 0 Å². The van der Waals surface area contributed by atoms with E-state index in [0.29, 0.717) is 19.0 Å². The number of furan rings is 1. The molecule has 2 heterocycles. The van der Waals surface area contributed by atoms with Crippen LogP contribution in [0.4, 0.5) is 0 Å². The van der Waals surface area contributed by atoms with Gasteiger partial charge in [-0.05, 0) is 45.9 Å². The maximum Gasteiger partial charge on any atom is 0.226 e. The summed E-state index contributed by atoms with van der Waals surface area (Å²) in [5, 5.41) is 13.9. The van der Waals surface area contributed by atoms with Crippen LogP contribution in [-0.2, 0) is 12.1 Å². The summed E-state index contributed by atoms with van der Waals surface area (Å²) in [6, 6.07) is 9.93. The summed E-state index contributed by atoms with van der Waals surface area (Å²) in [6.45, 7) is 8.47. The Morgan fingerprint density at radius 2 is 1.88 bits per heavy atom. The lowest BCUT2D eigenvalue weighted by Crippen LogP contribution is -2.35. The first-order chi connectivity index (χ1) is 11.8. The summed E-state index contributed by atoms with van der Waals surface area (Å²) in [5.74, 6) is 2.14. The molecule has 0 aliphatic rings. The Hall–Kier alpha value is -2.37. The monoisotopic (exact) mass is 340 g/mol. The number of aliphatic hydroxyl groups is 1. The first-order valence-electron chi connectivity index (χ1n) is 8.37. The molecule has 0 saturated heterocycles. The molecule has 0 spiro atoms. The van der Waals surface area contributed by atoms with Crippen molar-refractivity contribution in [2.24, 2.45) is 0 Å². The minimum atomic E-state index is -1.01. The number of hydrogen-bond acceptors (Lipinski definition) is 5. The zero-order chi connectivity index (χ0) is 18.0. The topological polar surface area (TPSA) is 71.4 Å². The molecule has 2 aromatic heterocycles. The quantitative estimate of drug-likeness (QED) is 0.713. The summed E-state index contributed by atoms with van der Waals surface area (Å²) >= 11 is 0. The van der Waals surface area contributed by atoms with E-state index in [-0.39, 0.29) is 0 Å². The van der Waals surface area contributed by atoms with Crippen molar-refractivity contribution in [1.82, 2.24) is 10.3 Å². The van der Waals surface area contributed by atoms with Crippen LogP contribution in [0.2, 0.25) is 0 Å². The van der Waals surface area contributed by atoms with Crippen LogP contribution in [0, 0.1) is 20.8 Å². The third-order valence-corrected chi connectivity index (χ3v) is 4.25. The Kier molecular flexibility index (Phi) is 4.79. The van der Waals surface area contributed by atoms with Gasteiger partial charge in [0.2, 0.25) is 5.89 Å². The molecule has 5 nitrogen and oxygen atoms in total. The average molecular weight is 340 g/mol. The number of hydrogen-bond donors (Lipinski definition) is 2. The first-order valence-corrected chi connectivity index (χ1v) is 8.37. The Labute approximate surface area is 147 Å². The SMILES string of the molecule is Cc1ccc(-c2nc(CNCC(C)(O)c3cc(C)oc3C)co2)cc1. The standard InChI is InChI=1S/C20H24N2O3/c1-13-5-7-16(8-6-13)19-22-17(11-24-19)10-21-12-20(4,23)18-9-14(2)25-15(18)3/h5-9,11,21,23H,10,12H2,1-4H3. The van der Waals surface area contributed by atoms with Gasteiger partial charge in [0, 0.05) is 24.2 Å². The van der Waals surface area contributed by atoms with Gasteiger partial charge in [0.05, 0.1) is 5.69 Å². The Balaban J connectivity index is 1.61. The number of aromatic nitrogens is 1. The lowest BCUT2D eigenvalue weighted by Gasteiger charge is -2.23. The van der Waals surface area contributed by atoms with Crippen molar-refractivity contribution in [3.05, 3.63) is 64.9 Å². The number of nitrogens with zero attached hydrogens (tertiary/aromatic N) is 1. The largest absolute Gasteiger partial charge is 0.466 e. The number of aryl methyl sites for hydroxylation is 3. The van der Waals surface area contributed by atoms with Crippen molar-refractivity contribution in [2.75, 3.05) is 6.54 Å². The van der Waals surface area contributed by atoms with Crippen LogP contribution < -0.4 is 5.32 Å². The van der Waals surface area contributed by atoms with E-state index in [2.05, 4.69) is 10.3 Å². The molecule has 0 aliphatic carbocycles. The van der Waals surface area contributed by atoms with Crippen LogP contribution in [-0.4, -0.2) is 16.6 Å². The summed E-state index contributed by atoms with van der Waals surface area (Å²) in [6.07, 6.45) is 1.64. The maximum absolute atomic E-state index is 10.7. The van der Waals surface area contributed by atoms with E-state index in [0.717, 1.165) is 28.3 Å². The highest BCUT2D eigenvalue weighted by Gasteiger charge is 2.27. The third-order valence-electron chi connectivity index (χ3n) is 4.25. The summed E-state index contributed by atoms with van der Waals surface area (Å²) < 4.78 is 11.1. The van der Waals surface area contributed by atoms with Crippen molar-refractivity contribution in [1.29, 1.82) is 0 Å². The lowest BCUT2D eigenvalue weighted by molar-refractivity contribution is 0.0551. The van der Waals surface area contributed by atoms with Crippen LogP contribution in [0.15, 0.2) is 45.4 Å². The Morgan fingerprint density at radius 3 is 2.52 bits per heavy atom. The molecule has 0 bridgehead atoms. The molecule has 3 rings (SSSR count). The summed E-state index contributed by atoms with van der Waals surface area (Å²) in [7, 11) is 0. The van der Waals surface area contributed by atoms with Crippen molar-refractivity contribution < 1.29 is 13.9 Å². The molecule has 1 aromatic carbocycles. The van der Waals surface area contributed by atoms with Gasteiger partial charge < -0.3 is 19.3 Å². The van der Waals surface area contributed by atoms with Gasteiger partial charge in [-0.25, -0.2) is 4.98 Å². The van der Waals surface area contributed by atoms with Gasteiger partial charge >= 0.3 is 0 Å². The lowest BCUT2D eigenvalue weighted by atomic mass is 9.96. The second kappa shape index (κ2) is 6.86. The molecule has 5 heteroatoms. The van der Waals surface area contributed by atoms with E-state index < -0.39 is 5.60 Å². The molecule has 3 aromatic rings. The Bertz CT molecular complexity index is 844. The van der Waals surface area contributed by atoms with Crippen LogP contribution in [0.1, 0.15) is 35.3 Å². The maximum atomic E-state index is 10.7. The normalized spacial score (nSPS) is 13.8. The smallest absolute Gasteiger partial charge is 0.226 e. The molecule has 0 aliphatic heterocycles. The fourth-order valence-electron chi connectivity index (χ4n) is 2.91. The molecule has 1 atom stereocenters. The van der Waals surface area contributed by atoms with Crippen molar-refractivity contribution in [2.45, 2.75) is 39.8 Å². The molecular weight excluding hydrogens is 316 g/mol. The van der Waals surface area contributed by atoms with E-state index in [1.807, 2.05) is 51.1 Å². The highest BCUT2D eigenvalue weighted by atomic mass is 16.3. The van der Waals surface area contributed by atoms with E-state index in [1.165, 1.54) is 5.56 Å². The van der Waals surface area contributed by atoms with Gasteiger partial charge in [-0.3, -0.25) is 0 Å². The van der Waals surface area contributed by atoms with E-state index in [1.54, 1.807) is 13.2 Å². The van der Waals surface area contributed by atoms with Crippen LogP contribution in [0.3, 0.4) is 0 Å². The van der Waals surface area contributed by atoms with Crippen LogP contribution in [0.25, 0.3) is 11.5 Å². The van der Waals surface area contributed by atoms with Crippen molar-refractivity contribution >= 4 is 0 Å². The molecular formula is C20H24N2O3. The second-order valence-electron chi connectivity index (χ2n) is 6.71. The van der Waals surface area contributed by atoms with Gasteiger partial charge in [0.15, 0.2) is 0 Å². The summed E-state index contributed by atoms with van der Waals surface area (Å²) in [4.78, 5) is 4.49. The molecule has 2 N–H and O–H groups in total. The predicted octanol–water partition coefficient (Wildman–Crippen LogP) is 3.86. The second-order valence-corrected chi connectivity index (χ2v) is 6.71. The van der Waals surface area contributed by atoms with Crippen LogP contribution >= 0.6 is 0 Å². The minimum Gasteiger partial charge on any atom is -0.466 e. The number of nitrogens with one attached hydrogen (secondary N) is 1. The molecule has 0 saturated carbocycles. The fourth-order valence-corrected chi connectivity index (χ4v) is 2.91. The van der Waals surface area contributed by atoms with Gasteiger partial charge in [-0.1, -0.05) is 17.7 Å². The fraction of sp³-hybridized carbons (Fsp3) is 0.350. The summed E-state index contributed by atoms with van der Waals surface area (Å²) in [5.41, 5.74) is 2.74. The number of oxazole rings is 1. The molecule has 0 radical (unpaired) electrons. The van der Waals surface area contributed by atoms with Crippen molar-refractivity contribution in [3.63, 3.8) is 0 Å². The Morgan fingerprint density at radius 1 is 1.16 bits per heavy atom. The first kappa shape index (κ1) is 17.5. The van der Waals surface area contributed by atoms with Gasteiger partial charge in [-0.2, -0.15) is 0 Å². The molecule has 0 fully saturated rings. The average Bonchev–Trinajstić information content (AvgIpc) is 3.15. The van der Waals surface area contributed by atoms with Gasteiger partial charge in [0.1, 0.15) is 23.4 Å². The highest BCUT2D eigenvalue weighted by molar-refractivity contribution is 5.53. The zero-order valence-electron chi connectivity index (χ0n) is 15.1. The predicted molar refractivity (Wildman–Crippen MR) is 96.1 cm³/mol.